The van der Waals surface area contributed by atoms with Crippen molar-refractivity contribution in [1.82, 2.24) is 5.32 Å². The molecule has 1 rings (SSSR count). The first-order valence-corrected chi connectivity index (χ1v) is 7.48. The van der Waals surface area contributed by atoms with Crippen LogP contribution in [0.15, 0.2) is 18.2 Å². The zero-order valence-corrected chi connectivity index (χ0v) is 14.2. The molecule has 0 aliphatic carbocycles. The minimum atomic E-state index is -0.225. The van der Waals surface area contributed by atoms with Crippen LogP contribution in [0.4, 0.5) is 0 Å². The van der Waals surface area contributed by atoms with Gasteiger partial charge in [0, 0.05) is 13.2 Å². The zero-order chi connectivity index (χ0) is 15.9. The molecule has 0 aliphatic heterocycles. The number of hydrogen-bond acceptors (Lipinski definition) is 4. The largest absolute Gasteiger partial charge is 0.496 e. The Hall–Kier alpha value is -1.26. The summed E-state index contributed by atoms with van der Waals surface area (Å²) in [5.41, 5.74) is 0.832. The maximum atomic E-state index is 5.60. The summed E-state index contributed by atoms with van der Waals surface area (Å²) in [6.07, 6.45) is 1.90. The second kappa shape index (κ2) is 8.25. The van der Waals surface area contributed by atoms with Crippen LogP contribution >= 0.6 is 0 Å². The molecule has 4 nitrogen and oxygen atoms in total. The van der Waals surface area contributed by atoms with Gasteiger partial charge in [-0.05, 0) is 45.4 Å². The van der Waals surface area contributed by atoms with E-state index in [9.17, 15) is 0 Å². The van der Waals surface area contributed by atoms with Crippen molar-refractivity contribution >= 4 is 0 Å². The molecule has 1 aromatic carbocycles. The van der Waals surface area contributed by atoms with E-state index in [2.05, 4.69) is 26.1 Å². The number of nitrogens with one attached hydrogen (secondary N) is 1. The third-order valence-corrected chi connectivity index (χ3v) is 3.70. The van der Waals surface area contributed by atoms with Gasteiger partial charge in [-0.2, -0.15) is 0 Å². The van der Waals surface area contributed by atoms with Gasteiger partial charge in [-0.1, -0.05) is 13.0 Å². The van der Waals surface area contributed by atoms with E-state index in [0.29, 0.717) is 0 Å². The summed E-state index contributed by atoms with van der Waals surface area (Å²) in [7, 11) is 5.13. The van der Waals surface area contributed by atoms with Gasteiger partial charge in [0.15, 0.2) is 0 Å². The summed E-state index contributed by atoms with van der Waals surface area (Å²) in [6.45, 7) is 7.28. The lowest BCUT2D eigenvalue weighted by Gasteiger charge is -2.31. The van der Waals surface area contributed by atoms with Gasteiger partial charge in [0.25, 0.3) is 0 Å². The third kappa shape index (κ3) is 4.90. The number of benzene rings is 1. The summed E-state index contributed by atoms with van der Waals surface area (Å²) in [5.74, 6) is 1.68. The zero-order valence-electron chi connectivity index (χ0n) is 14.2. The summed E-state index contributed by atoms with van der Waals surface area (Å²) in [4.78, 5) is 0. The monoisotopic (exact) mass is 295 g/mol. The lowest BCUT2D eigenvalue weighted by Crippen LogP contribution is -2.33. The molecule has 0 aromatic heterocycles. The second-order valence-corrected chi connectivity index (χ2v) is 5.75. The molecule has 0 heterocycles. The van der Waals surface area contributed by atoms with Gasteiger partial charge >= 0.3 is 0 Å². The number of ether oxygens (including phenoxy) is 3. The van der Waals surface area contributed by atoms with Crippen LogP contribution in [-0.4, -0.2) is 33.5 Å². The Morgan fingerprint density at radius 3 is 2.10 bits per heavy atom. The first-order valence-electron chi connectivity index (χ1n) is 7.48. The van der Waals surface area contributed by atoms with Crippen LogP contribution < -0.4 is 14.8 Å². The number of methoxy groups -OCH3 is 3. The Kier molecular flexibility index (Phi) is 6.99. The van der Waals surface area contributed by atoms with E-state index in [1.165, 1.54) is 0 Å². The first-order chi connectivity index (χ1) is 9.99. The first kappa shape index (κ1) is 17.8. The molecule has 0 aliphatic rings. The van der Waals surface area contributed by atoms with Crippen molar-refractivity contribution in [2.45, 2.75) is 45.3 Å². The molecule has 1 N–H and O–H groups in total. The molecule has 1 unspecified atom stereocenters. The van der Waals surface area contributed by atoms with Crippen molar-refractivity contribution < 1.29 is 14.2 Å². The van der Waals surface area contributed by atoms with E-state index in [1.54, 1.807) is 21.3 Å². The average molecular weight is 295 g/mol. The molecule has 21 heavy (non-hydrogen) atoms. The van der Waals surface area contributed by atoms with Gasteiger partial charge < -0.3 is 19.5 Å². The maximum Gasteiger partial charge on any atom is 0.127 e. The Morgan fingerprint density at radius 2 is 1.67 bits per heavy atom. The summed E-state index contributed by atoms with van der Waals surface area (Å²) in [5, 5.41) is 3.59. The fourth-order valence-electron chi connectivity index (χ4n) is 2.39. The van der Waals surface area contributed by atoms with Crippen LogP contribution in [-0.2, 0) is 4.74 Å². The van der Waals surface area contributed by atoms with Crippen molar-refractivity contribution in [3.05, 3.63) is 23.8 Å². The van der Waals surface area contributed by atoms with Crippen LogP contribution in [0.2, 0.25) is 0 Å². The predicted molar refractivity (Wildman–Crippen MR) is 86.3 cm³/mol. The van der Waals surface area contributed by atoms with Gasteiger partial charge in [0.1, 0.15) is 11.5 Å². The lowest BCUT2D eigenvalue weighted by atomic mass is 9.92. The molecule has 0 saturated carbocycles. The highest BCUT2D eigenvalue weighted by Gasteiger charge is 2.28. The van der Waals surface area contributed by atoms with Gasteiger partial charge in [-0.15, -0.1) is 0 Å². The Bertz CT molecular complexity index is 410. The van der Waals surface area contributed by atoms with Crippen molar-refractivity contribution in [3.63, 3.8) is 0 Å². The van der Waals surface area contributed by atoms with E-state index in [1.807, 2.05) is 18.2 Å². The standard InChI is InChI=1S/C17H29NO3/c1-7-11-18-13(12-17(2,3)21-6)16-14(19-4)9-8-10-15(16)20-5/h8-10,13,18H,7,11-12H2,1-6H3. The maximum absolute atomic E-state index is 5.60. The molecule has 1 aromatic rings. The van der Waals surface area contributed by atoms with Gasteiger partial charge in [-0.3, -0.25) is 0 Å². The SMILES string of the molecule is CCCNC(CC(C)(C)OC)c1c(OC)cccc1OC. The highest BCUT2D eigenvalue weighted by Crippen LogP contribution is 2.38. The fourth-order valence-corrected chi connectivity index (χ4v) is 2.39. The fraction of sp³-hybridized carbons (Fsp3) is 0.647. The Morgan fingerprint density at radius 1 is 1.10 bits per heavy atom. The second-order valence-electron chi connectivity index (χ2n) is 5.75. The highest BCUT2D eigenvalue weighted by atomic mass is 16.5. The van der Waals surface area contributed by atoms with Gasteiger partial charge in [0.2, 0.25) is 0 Å². The van der Waals surface area contributed by atoms with Crippen molar-refractivity contribution in [1.29, 1.82) is 0 Å². The van der Waals surface area contributed by atoms with Gasteiger partial charge in [-0.25, -0.2) is 0 Å². The molecule has 1 atom stereocenters. The van der Waals surface area contributed by atoms with E-state index in [-0.39, 0.29) is 11.6 Å². The van der Waals surface area contributed by atoms with Crippen LogP contribution in [0, 0.1) is 0 Å². The molecule has 0 fully saturated rings. The van der Waals surface area contributed by atoms with E-state index >= 15 is 0 Å². The van der Waals surface area contributed by atoms with Crippen LogP contribution in [0.3, 0.4) is 0 Å². The van der Waals surface area contributed by atoms with E-state index in [4.69, 9.17) is 14.2 Å². The van der Waals surface area contributed by atoms with Crippen molar-refractivity contribution in [2.24, 2.45) is 0 Å². The minimum Gasteiger partial charge on any atom is -0.496 e. The molecule has 0 saturated heterocycles. The smallest absolute Gasteiger partial charge is 0.127 e. The van der Waals surface area contributed by atoms with Crippen LogP contribution in [0.1, 0.15) is 45.2 Å². The van der Waals surface area contributed by atoms with Gasteiger partial charge in [0.05, 0.1) is 25.4 Å². The Labute approximate surface area is 128 Å². The summed E-state index contributed by atoms with van der Waals surface area (Å²) >= 11 is 0. The third-order valence-electron chi connectivity index (χ3n) is 3.70. The average Bonchev–Trinajstić information content (AvgIpc) is 2.50. The minimum absolute atomic E-state index is 0.117. The normalized spacial score (nSPS) is 13.0. The molecular weight excluding hydrogens is 266 g/mol. The van der Waals surface area contributed by atoms with Crippen molar-refractivity contribution in [2.75, 3.05) is 27.9 Å². The molecule has 0 amide bonds. The van der Waals surface area contributed by atoms with Crippen LogP contribution in [0.25, 0.3) is 0 Å². The topological polar surface area (TPSA) is 39.7 Å². The van der Waals surface area contributed by atoms with E-state index in [0.717, 1.165) is 36.4 Å². The van der Waals surface area contributed by atoms with Crippen molar-refractivity contribution in [3.8, 4) is 11.5 Å². The highest BCUT2D eigenvalue weighted by molar-refractivity contribution is 5.47. The predicted octanol–water partition coefficient (Wildman–Crippen LogP) is 3.56. The molecule has 0 spiro atoms. The lowest BCUT2D eigenvalue weighted by molar-refractivity contribution is 0.00651. The molecule has 120 valence electrons. The molecular formula is C17H29NO3. The summed E-state index contributed by atoms with van der Waals surface area (Å²) in [6, 6.07) is 6.00. The molecule has 0 radical (unpaired) electrons. The number of hydrogen-bond donors (Lipinski definition) is 1. The van der Waals surface area contributed by atoms with Crippen LogP contribution in [0.5, 0.6) is 11.5 Å². The summed E-state index contributed by atoms with van der Waals surface area (Å²) < 4.78 is 16.7. The number of rotatable bonds is 9. The van der Waals surface area contributed by atoms with E-state index < -0.39 is 0 Å². The quantitative estimate of drug-likeness (QED) is 0.756. The molecule has 0 bridgehead atoms. The Balaban J connectivity index is 3.18. The molecule has 4 heteroatoms.